The fourth-order valence-electron chi connectivity index (χ4n) is 2.78. The van der Waals surface area contributed by atoms with Crippen LogP contribution in [-0.4, -0.2) is 41.9 Å². The normalized spacial score (nSPS) is 16.3. The molecule has 2 amide bonds. The molecule has 136 valence electrons. The number of amides is 2. The third kappa shape index (κ3) is 4.23. The van der Waals surface area contributed by atoms with Crippen molar-refractivity contribution in [3.05, 3.63) is 51.7 Å². The standard InChI is InChI=1S/C18H17ClN2O4S/c19-12-5-1-2-6-13(12)20-16(22)11-25-18(24)14-7-3-9-21(14)17(23)15-8-4-10-26-15/h1-2,4-6,8,10,14H,3,7,9,11H2,(H,20,22). The molecule has 0 spiro atoms. The summed E-state index contributed by atoms with van der Waals surface area (Å²) in [4.78, 5) is 38.9. The van der Waals surface area contributed by atoms with Crippen LogP contribution < -0.4 is 5.32 Å². The topological polar surface area (TPSA) is 75.7 Å². The molecule has 1 saturated heterocycles. The van der Waals surface area contributed by atoms with Gasteiger partial charge in [0.15, 0.2) is 6.61 Å². The first kappa shape index (κ1) is 18.4. The van der Waals surface area contributed by atoms with E-state index < -0.39 is 24.5 Å². The number of ether oxygens (including phenoxy) is 1. The minimum atomic E-state index is -0.655. The van der Waals surface area contributed by atoms with E-state index in [9.17, 15) is 14.4 Å². The van der Waals surface area contributed by atoms with Crippen LogP contribution in [0, 0.1) is 0 Å². The van der Waals surface area contributed by atoms with Crippen LogP contribution in [0.1, 0.15) is 22.5 Å². The molecule has 0 aliphatic carbocycles. The van der Waals surface area contributed by atoms with Gasteiger partial charge in [-0.3, -0.25) is 9.59 Å². The smallest absolute Gasteiger partial charge is 0.329 e. The second kappa shape index (κ2) is 8.33. The summed E-state index contributed by atoms with van der Waals surface area (Å²) >= 11 is 7.30. The van der Waals surface area contributed by atoms with Gasteiger partial charge in [0.1, 0.15) is 6.04 Å². The Labute approximate surface area is 159 Å². The van der Waals surface area contributed by atoms with Crippen molar-refractivity contribution in [3.63, 3.8) is 0 Å². The maximum Gasteiger partial charge on any atom is 0.329 e. The molecule has 0 radical (unpaired) electrons. The van der Waals surface area contributed by atoms with Crippen molar-refractivity contribution < 1.29 is 19.1 Å². The molecule has 2 heterocycles. The molecular weight excluding hydrogens is 376 g/mol. The first-order valence-electron chi connectivity index (χ1n) is 8.12. The summed E-state index contributed by atoms with van der Waals surface area (Å²) in [7, 11) is 0. The van der Waals surface area contributed by atoms with Crippen molar-refractivity contribution >= 4 is 46.4 Å². The predicted molar refractivity (Wildman–Crippen MR) is 99.4 cm³/mol. The van der Waals surface area contributed by atoms with Gasteiger partial charge in [-0.05, 0) is 36.4 Å². The largest absolute Gasteiger partial charge is 0.454 e. The molecule has 1 aliphatic heterocycles. The zero-order chi connectivity index (χ0) is 18.5. The van der Waals surface area contributed by atoms with Crippen LogP contribution in [0.4, 0.5) is 5.69 Å². The number of nitrogens with one attached hydrogen (secondary N) is 1. The first-order valence-corrected chi connectivity index (χ1v) is 9.37. The van der Waals surface area contributed by atoms with E-state index >= 15 is 0 Å². The van der Waals surface area contributed by atoms with Gasteiger partial charge in [0.05, 0.1) is 15.6 Å². The third-order valence-corrected chi connectivity index (χ3v) is 5.20. The van der Waals surface area contributed by atoms with Gasteiger partial charge in [0, 0.05) is 6.54 Å². The number of benzene rings is 1. The highest BCUT2D eigenvalue weighted by Gasteiger charge is 2.36. The Hall–Kier alpha value is -2.38. The number of thiophene rings is 1. The molecule has 1 aliphatic rings. The first-order chi connectivity index (χ1) is 12.6. The summed E-state index contributed by atoms with van der Waals surface area (Å²) in [5.74, 6) is -1.23. The van der Waals surface area contributed by atoms with Gasteiger partial charge in [-0.1, -0.05) is 29.8 Å². The van der Waals surface area contributed by atoms with E-state index in [-0.39, 0.29) is 5.91 Å². The summed E-state index contributed by atoms with van der Waals surface area (Å²) in [6.07, 6.45) is 1.25. The summed E-state index contributed by atoms with van der Waals surface area (Å²) in [6, 6.07) is 9.65. The summed E-state index contributed by atoms with van der Waals surface area (Å²) in [5.41, 5.74) is 0.450. The van der Waals surface area contributed by atoms with Crippen LogP contribution in [0.2, 0.25) is 5.02 Å². The zero-order valence-electron chi connectivity index (χ0n) is 13.8. The van der Waals surface area contributed by atoms with E-state index in [1.54, 1.807) is 36.4 Å². The number of anilines is 1. The number of hydrogen-bond acceptors (Lipinski definition) is 5. The Bertz CT molecular complexity index is 809. The lowest BCUT2D eigenvalue weighted by molar-refractivity contribution is -0.151. The van der Waals surface area contributed by atoms with E-state index in [1.807, 2.05) is 5.38 Å². The number of nitrogens with zero attached hydrogens (tertiary/aromatic N) is 1. The highest BCUT2D eigenvalue weighted by molar-refractivity contribution is 7.12. The number of likely N-dealkylation sites (tertiary alicyclic amines) is 1. The Morgan fingerprint density at radius 2 is 2.04 bits per heavy atom. The summed E-state index contributed by atoms with van der Waals surface area (Å²) in [6.45, 7) is 0.0733. The predicted octanol–water partition coefficient (Wildman–Crippen LogP) is 3.19. The minimum Gasteiger partial charge on any atom is -0.454 e. The average molecular weight is 393 g/mol. The molecule has 26 heavy (non-hydrogen) atoms. The van der Waals surface area contributed by atoms with E-state index in [4.69, 9.17) is 16.3 Å². The maximum atomic E-state index is 12.5. The molecule has 0 saturated carbocycles. The quantitative estimate of drug-likeness (QED) is 0.793. The van der Waals surface area contributed by atoms with E-state index in [1.165, 1.54) is 16.2 Å². The SMILES string of the molecule is O=C(COC(=O)C1CCCN1C(=O)c1cccs1)Nc1ccccc1Cl. The lowest BCUT2D eigenvalue weighted by Gasteiger charge is -2.22. The zero-order valence-corrected chi connectivity index (χ0v) is 15.4. The molecule has 8 heteroatoms. The van der Waals surface area contributed by atoms with Gasteiger partial charge in [-0.2, -0.15) is 0 Å². The minimum absolute atomic E-state index is 0.181. The second-order valence-corrected chi connectivity index (χ2v) is 7.12. The molecule has 1 aromatic heterocycles. The van der Waals surface area contributed by atoms with E-state index in [0.717, 1.165) is 6.42 Å². The van der Waals surface area contributed by atoms with Crippen molar-refractivity contribution in [2.75, 3.05) is 18.5 Å². The molecule has 1 aromatic carbocycles. The average Bonchev–Trinajstić information content (AvgIpc) is 3.33. The van der Waals surface area contributed by atoms with Gasteiger partial charge in [0.2, 0.25) is 0 Å². The molecule has 1 atom stereocenters. The molecule has 0 bridgehead atoms. The second-order valence-electron chi connectivity index (χ2n) is 5.77. The summed E-state index contributed by atoms with van der Waals surface area (Å²) < 4.78 is 5.11. The monoisotopic (exact) mass is 392 g/mol. The third-order valence-electron chi connectivity index (χ3n) is 4.01. The van der Waals surface area contributed by atoms with E-state index in [0.29, 0.717) is 28.6 Å². The fourth-order valence-corrected chi connectivity index (χ4v) is 3.64. The van der Waals surface area contributed by atoms with Gasteiger partial charge in [0.25, 0.3) is 11.8 Å². The molecular formula is C18H17ClN2O4S. The Morgan fingerprint density at radius 1 is 1.23 bits per heavy atom. The van der Waals surface area contributed by atoms with Gasteiger partial charge in [-0.25, -0.2) is 4.79 Å². The highest BCUT2D eigenvalue weighted by atomic mass is 35.5. The molecule has 2 aromatic rings. The van der Waals surface area contributed by atoms with Crippen LogP contribution in [-0.2, 0) is 14.3 Å². The van der Waals surface area contributed by atoms with Crippen molar-refractivity contribution in [3.8, 4) is 0 Å². The van der Waals surface area contributed by atoms with Crippen LogP contribution in [0.15, 0.2) is 41.8 Å². The van der Waals surface area contributed by atoms with Gasteiger partial charge < -0.3 is 15.0 Å². The van der Waals surface area contributed by atoms with Crippen LogP contribution >= 0.6 is 22.9 Å². The number of esters is 1. The van der Waals surface area contributed by atoms with Crippen molar-refractivity contribution in [2.45, 2.75) is 18.9 Å². The Kier molecular flexibility index (Phi) is 5.90. The van der Waals surface area contributed by atoms with Gasteiger partial charge >= 0.3 is 5.97 Å². The lowest BCUT2D eigenvalue weighted by Crippen LogP contribution is -2.41. The maximum absolute atomic E-state index is 12.5. The highest BCUT2D eigenvalue weighted by Crippen LogP contribution is 2.23. The molecule has 6 nitrogen and oxygen atoms in total. The summed E-state index contributed by atoms with van der Waals surface area (Å²) in [5, 5.41) is 4.80. The molecule has 1 unspecified atom stereocenters. The number of hydrogen-bond donors (Lipinski definition) is 1. The Morgan fingerprint density at radius 3 is 2.77 bits per heavy atom. The van der Waals surface area contributed by atoms with Gasteiger partial charge in [-0.15, -0.1) is 11.3 Å². The fraction of sp³-hybridized carbons (Fsp3) is 0.278. The number of carbonyl (C=O) groups is 3. The van der Waals surface area contributed by atoms with E-state index in [2.05, 4.69) is 5.32 Å². The van der Waals surface area contributed by atoms with Crippen LogP contribution in [0.3, 0.4) is 0 Å². The molecule has 3 rings (SSSR count). The molecule has 1 N–H and O–H groups in total. The Balaban J connectivity index is 1.55. The molecule has 1 fully saturated rings. The number of para-hydroxylation sites is 1. The number of halogens is 1. The van der Waals surface area contributed by atoms with Crippen molar-refractivity contribution in [1.82, 2.24) is 4.90 Å². The van der Waals surface area contributed by atoms with Crippen LogP contribution in [0.5, 0.6) is 0 Å². The van der Waals surface area contributed by atoms with Crippen molar-refractivity contribution in [2.24, 2.45) is 0 Å². The van der Waals surface area contributed by atoms with Crippen LogP contribution in [0.25, 0.3) is 0 Å². The van der Waals surface area contributed by atoms with Crippen molar-refractivity contribution in [1.29, 1.82) is 0 Å². The number of rotatable bonds is 5. The lowest BCUT2D eigenvalue weighted by atomic mass is 10.2. The number of carbonyl (C=O) groups excluding carboxylic acids is 3.